The summed E-state index contributed by atoms with van der Waals surface area (Å²) in [5, 5.41) is 0. The van der Waals surface area contributed by atoms with Crippen LogP contribution in [0.3, 0.4) is 0 Å². The van der Waals surface area contributed by atoms with Gasteiger partial charge in [-0.05, 0) is 81.3 Å². The summed E-state index contributed by atoms with van der Waals surface area (Å²) >= 11 is 0. The minimum atomic E-state index is -4.10. The second-order valence-corrected chi connectivity index (χ2v) is 12.4. The molecule has 0 heterocycles. The maximum Gasteiger partial charge on any atom is 0.341 e. The molecule has 1 aromatic rings. The molecule has 4 aliphatic rings. The smallest absolute Gasteiger partial charge is 0.341 e. The number of rotatable bonds is 4. The molecule has 4 nitrogen and oxygen atoms in total. The highest BCUT2D eigenvalue weighted by molar-refractivity contribution is 7.87. The van der Waals surface area contributed by atoms with E-state index in [2.05, 4.69) is 32.1 Å². The van der Waals surface area contributed by atoms with E-state index in [0.717, 1.165) is 24.0 Å². The molecule has 4 aliphatic carbocycles. The van der Waals surface area contributed by atoms with Gasteiger partial charge in [-0.3, -0.25) is 4.79 Å². The van der Waals surface area contributed by atoms with Crippen LogP contribution >= 0.6 is 0 Å². The lowest BCUT2D eigenvalue weighted by atomic mass is 9.51. The van der Waals surface area contributed by atoms with Crippen molar-refractivity contribution in [2.75, 3.05) is 0 Å². The predicted molar refractivity (Wildman–Crippen MR) is 129 cm³/mol. The summed E-state index contributed by atoms with van der Waals surface area (Å²) in [6, 6.07) is 6.37. The van der Waals surface area contributed by atoms with Gasteiger partial charge in [-0.1, -0.05) is 66.5 Å². The first kappa shape index (κ1) is 22.6. The quantitative estimate of drug-likeness (QED) is 0.379. The number of carbonyl (C=O) groups excluding carboxylic acids is 1. The molecular weight excluding hydrogens is 432 g/mol. The maximum absolute atomic E-state index is 12.7. The minimum absolute atomic E-state index is 0.0166. The summed E-state index contributed by atoms with van der Waals surface area (Å²) < 4.78 is 30.2. The molecule has 1 fully saturated rings. The average molecular weight is 467 g/mol. The molecule has 0 saturated heterocycles. The monoisotopic (exact) mass is 466 g/mol. The molecule has 0 aromatic heterocycles. The number of allylic oxidation sites excluding steroid dienone is 5. The molecule has 4 atom stereocenters. The van der Waals surface area contributed by atoms with Crippen molar-refractivity contribution in [3.63, 3.8) is 0 Å². The van der Waals surface area contributed by atoms with Crippen molar-refractivity contribution >= 4 is 16.1 Å². The van der Waals surface area contributed by atoms with Gasteiger partial charge in [0.2, 0.25) is 0 Å². The number of hydrogen-bond donors (Lipinski definition) is 0. The van der Waals surface area contributed by atoms with E-state index in [1.807, 2.05) is 6.92 Å². The molecular formula is C28H34O4S. The molecule has 176 valence electrons. The van der Waals surface area contributed by atoms with Crippen molar-refractivity contribution in [2.24, 2.45) is 22.7 Å². The molecule has 0 spiro atoms. The molecule has 0 radical (unpaired) electrons. The van der Waals surface area contributed by atoms with Crippen LogP contribution in [-0.4, -0.2) is 14.4 Å². The van der Waals surface area contributed by atoms with Crippen LogP contribution < -0.4 is 0 Å². The number of fused-ring (bicyclic) bond motifs is 5. The summed E-state index contributed by atoms with van der Waals surface area (Å²) in [6.45, 7) is 6.59. The van der Waals surface area contributed by atoms with Gasteiger partial charge in [-0.25, -0.2) is 0 Å². The van der Waals surface area contributed by atoms with Gasteiger partial charge in [-0.15, -0.1) is 0 Å². The van der Waals surface area contributed by atoms with E-state index in [9.17, 15) is 13.2 Å². The summed E-state index contributed by atoms with van der Waals surface area (Å²) in [5.74, 6) is 0.339. The average Bonchev–Trinajstić information content (AvgIpc) is 3.09. The van der Waals surface area contributed by atoms with Crippen LogP contribution in [0.5, 0.6) is 0 Å². The zero-order valence-electron chi connectivity index (χ0n) is 19.9. The van der Waals surface area contributed by atoms with Crippen LogP contribution in [0.4, 0.5) is 0 Å². The van der Waals surface area contributed by atoms with Crippen molar-refractivity contribution in [3.8, 4) is 0 Å². The fourth-order valence-corrected chi connectivity index (χ4v) is 7.91. The standard InChI is InChI=1S/C28H34O4S/c1-19-7-11-22(12-8-19)33(30,31)32-26(29)18-21-10-14-24-23-13-9-20-6-4-5-16-27(20,2)25(23)15-17-28(21,24)3/h6-8,10-12,15,23-24H,4-5,9,13-14,16-18H2,1-3H3/t23-,24-,27-,28+/m0/s1. The Labute approximate surface area is 197 Å². The van der Waals surface area contributed by atoms with E-state index in [0.29, 0.717) is 11.8 Å². The van der Waals surface area contributed by atoms with Gasteiger partial charge in [0.15, 0.2) is 0 Å². The van der Waals surface area contributed by atoms with Crippen molar-refractivity contribution in [3.05, 3.63) is 64.8 Å². The van der Waals surface area contributed by atoms with Gasteiger partial charge in [0.1, 0.15) is 4.90 Å². The van der Waals surface area contributed by atoms with Crippen molar-refractivity contribution in [2.45, 2.75) is 77.0 Å². The first-order valence-corrected chi connectivity index (χ1v) is 13.7. The van der Waals surface area contributed by atoms with E-state index >= 15 is 0 Å². The zero-order chi connectivity index (χ0) is 23.4. The minimum Gasteiger partial charge on any atom is -0.342 e. The second kappa shape index (κ2) is 7.97. The van der Waals surface area contributed by atoms with E-state index < -0.39 is 16.1 Å². The molecule has 1 aromatic carbocycles. The Morgan fingerprint density at radius 1 is 1.12 bits per heavy atom. The second-order valence-electron chi connectivity index (χ2n) is 10.9. The Bertz CT molecular complexity index is 1170. The fourth-order valence-electron chi connectivity index (χ4n) is 7.04. The molecule has 0 amide bonds. The lowest BCUT2D eigenvalue weighted by Crippen LogP contribution is -2.43. The molecule has 0 unspecified atom stereocenters. The van der Waals surface area contributed by atoms with E-state index in [1.54, 1.807) is 23.3 Å². The predicted octanol–water partition coefficient (Wildman–Crippen LogP) is 6.43. The van der Waals surface area contributed by atoms with Gasteiger partial charge < -0.3 is 4.18 Å². The van der Waals surface area contributed by atoms with Crippen LogP contribution in [0.2, 0.25) is 0 Å². The van der Waals surface area contributed by atoms with Crippen molar-refractivity contribution in [1.29, 1.82) is 0 Å². The van der Waals surface area contributed by atoms with Crippen LogP contribution in [0.15, 0.2) is 64.1 Å². The Morgan fingerprint density at radius 2 is 1.88 bits per heavy atom. The summed E-state index contributed by atoms with van der Waals surface area (Å²) in [7, 11) is -4.10. The summed E-state index contributed by atoms with van der Waals surface area (Å²) in [5.41, 5.74) is 5.37. The van der Waals surface area contributed by atoms with Crippen molar-refractivity contribution < 1.29 is 17.4 Å². The molecule has 5 heteroatoms. The van der Waals surface area contributed by atoms with Crippen LogP contribution in [0.25, 0.3) is 0 Å². The number of benzene rings is 1. The third-order valence-electron chi connectivity index (χ3n) is 8.99. The summed E-state index contributed by atoms with van der Waals surface area (Å²) in [6.07, 6.45) is 15.1. The van der Waals surface area contributed by atoms with Gasteiger partial charge in [-0.2, -0.15) is 8.42 Å². The maximum atomic E-state index is 12.7. The number of hydrogen-bond acceptors (Lipinski definition) is 4. The molecule has 0 N–H and O–H groups in total. The topological polar surface area (TPSA) is 60.4 Å². The molecule has 1 saturated carbocycles. The summed E-state index contributed by atoms with van der Waals surface area (Å²) in [4.78, 5) is 12.7. The van der Waals surface area contributed by atoms with Crippen molar-refractivity contribution in [1.82, 2.24) is 0 Å². The highest BCUT2D eigenvalue weighted by atomic mass is 32.2. The third-order valence-corrected chi connectivity index (χ3v) is 10.2. The Kier molecular flexibility index (Phi) is 5.47. The molecule has 5 rings (SSSR count). The SMILES string of the molecule is Cc1ccc(S(=O)(=O)OC(=O)CC2=CC[C@H]3[C@@H]4CCC5=CCCC[C@]5(C)C4=CC[C@]23C)cc1. The lowest BCUT2D eigenvalue weighted by molar-refractivity contribution is -0.133. The fraction of sp³-hybridized carbons (Fsp3) is 0.536. The Hall–Kier alpha value is -2.14. The van der Waals surface area contributed by atoms with Crippen LogP contribution in [-0.2, 0) is 19.1 Å². The Balaban J connectivity index is 1.33. The Morgan fingerprint density at radius 3 is 2.64 bits per heavy atom. The van der Waals surface area contributed by atoms with Crippen LogP contribution in [0.1, 0.15) is 70.8 Å². The van der Waals surface area contributed by atoms with E-state index in [-0.39, 0.29) is 22.1 Å². The van der Waals surface area contributed by atoms with E-state index in [4.69, 9.17) is 4.18 Å². The zero-order valence-corrected chi connectivity index (χ0v) is 20.7. The number of aryl methyl sites for hydroxylation is 1. The third kappa shape index (κ3) is 3.73. The molecule has 33 heavy (non-hydrogen) atoms. The normalized spacial score (nSPS) is 33.1. The number of carbonyl (C=O) groups is 1. The van der Waals surface area contributed by atoms with Gasteiger partial charge in [0.25, 0.3) is 0 Å². The highest BCUT2D eigenvalue weighted by Crippen LogP contribution is 2.63. The van der Waals surface area contributed by atoms with Gasteiger partial charge >= 0.3 is 16.1 Å². The molecule has 0 bridgehead atoms. The van der Waals surface area contributed by atoms with E-state index in [1.165, 1.54) is 44.2 Å². The lowest BCUT2D eigenvalue weighted by Gasteiger charge is -2.53. The first-order chi connectivity index (χ1) is 15.6. The van der Waals surface area contributed by atoms with Crippen LogP contribution in [0, 0.1) is 29.6 Å². The molecule has 0 aliphatic heterocycles. The highest BCUT2D eigenvalue weighted by Gasteiger charge is 2.53. The van der Waals surface area contributed by atoms with Gasteiger partial charge in [0.05, 0.1) is 6.42 Å². The van der Waals surface area contributed by atoms with Gasteiger partial charge in [0, 0.05) is 5.41 Å². The largest absolute Gasteiger partial charge is 0.342 e. The first-order valence-electron chi connectivity index (χ1n) is 12.3.